The third kappa shape index (κ3) is 3.96. The lowest BCUT2D eigenvalue weighted by atomic mass is 10.0. The molecular weight excluding hydrogens is 406 g/mol. The van der Waals surface area contributed by atoms with Crippen molar-refractivity contribution in [2.45, 2.75) is 19.4 Å². The molecular formula is C25H23N3O2S. The van der Waals surface area contributed by atoms with Gasteiger partial charge in [-0.3, -0.25) is 14.2 Å². The molecule has 31 heavy (non-hydrogen) atoms. The van der Waals surface area contributed by atoms with Crippen molar-refractivity contribution in [1.29, 1.82) is 0 Å². The van der Waals surface area contributed by atoms with Gasteiger partial charge in [0, 0.05) is 29.8 Å². The molecule has 2 aromatic heterocycles. The van der Waals surface area contributed by atoms with E-state index in [1.807, 2.05) is 66.0 Å². The molecule has 1 saturated heterocycles. The molecule has 156 valence electrons. The molecule has 5 rings (SSSR count). The summed E-state index contributed by atoms with van der Waals surface area (Å²) >= 11 is 1.44. The molecule has 0 aliphatic carbocycles. The Labute approximate surface area is 184 Å². The van der Waals surface area contributed by atoms with Gasteiger partial charge in [0.1, 0.15) is 10.5 Å². The molecule has 4 aromatic rings. The maximum atomic E-state index is 13.2. The van der Waals surface area contributed by atoms with Crippen LogP contribution < -0.4 is 5.56 Å². The van der Waals surface area contributed by atoms with Crippen molar-refractivity contribution in [3.63, 3.8) is 0 Å². The minimum Gasteiger partial charge on any atom is -0.302 e. The smallest absolute Gasteiger partial charge is 0.271 e. The molecule has 0 saturated carbocycles. The molecule has 5 nitrogen and oxygen atoms in total. The predicted octanol–water partition coefficient (Wildman–Crippen LogP) is 4.45. The Morgan fingerprint density at radius 1 is 0.903 bits per heavy atom. The number of thiophene rings is 1. The fourth-order valence-corrected chi connectivity index (χ4v) is 4.92. The summed E-state index contributed by atoms with van der Waals surface area (Å²) in [6.07, 6.45) is 2.45. The van der Waals surface area contributed by atoms with Crippen molar-refractivity contribution >= 4 is 27.3 Å². The highest BCUT2D eigenvalue weighted by atomic mass is 32.1. The van der Waals surface area contributed by atoms with Gasteiger partial charge < -0.3 is 4.90 Å². The molecule has 1 aliphatic heterocycles. The van der Waals surface area contributed by atoms with Crippen LogP contribution >= 0.6 is 11.3 Å². The van der Waals surface area contributed by atoms with E-state index < -0.39 is 0 Å². The summed E-state index contributed by atoms with van der Waals surface area (Å²) in [5, 5.41) is 1.91. The minimum atomic E-state index is -0.0141. The second-order valence-electron chi connectivity index (χ2n) is 7.85. The monoisotopic (exact) mass is 429 g/mol. The molecule has 3 heterocycles. The van der Waals surface area contributed by atoms with Crippen molar-refractivity contribution in [2.75, 3.05) is 19.6 Å². The molecule has 1 aliphatic rings. The Balaban J connectivity index is 1.50. The van der Waals surface area contributed by atoms with Crippen molar-refractivity contribution in [3.8, 4) is 11.4 Å². The lowest BCUT2D eigenvalue weighted by Crippen LogP contribution is -2.30. The van der Waals surface area contributed by atoms with E-state index in [1.54, 1.807) is 4.57 Å². The summed E-state index contributed by atoms with van der Waals surface area (Å²) in [5.41, 5.74) is 2.87. The average Bonchev–Trinajstić information content (AvgIpc) is 3.51. The standard InChI is InChI=1S/C25H23N3O2S/c29-22(18-6-2-1-3-7-18)19-8-10-20(11-9-19)24-26-21-12-17-31-23(21)25(30)28(24)16-15-27-13-4-5-14-27/h1-3,6-12,17H,4-5,13-16H2. The number of carbonyl (C=O) groups excluding carboxylic acids is 1. The summed E-state index contributed by atoms with van der Waals surface area (Å²) < 4.78 is 2.49. The predicted molar refractivity (Wildman–Crippen MR) is 125 cm³/mol. The summed E-state index contributed by atoms with van der Waals surface area (Å²) in [7, 11) is 0. The molecule has 1 fully saturated rings. The summed E-state index contributed by atoms with van der Waals surface area (Å²) in [6.45, 7) is 3.64. The number of ketones is 1. The lowest BCUT2D eigenvalue weighted by Gasteiger charge is -2.18. The van der Waals surface area contributed by atoms with Gasteiger partial charge in [0.2, 0.25) is 0 Å². The third-order valence-electron chi connectivity index (χ3n) is 5.85. The molecule has 2 aromatic carbocycles. The van der Waals surface area contributed by atoms with E-state index in [0.717, 1.165) is 30.7 Å². The SMILES string of the molecule is O=C(c1ccccc1)c1ccc(-c2nc3ccsc3c(=O)n2CCN2CCCC2)cc1. The number of fused-ring (bicyclic) bond motifs is 1. The Hall–Kier alpha value is -3.09. The number of hydrogen-bond donors (Lipinski definition) is 0. The molecule has 0 radical (unpaired) electrons. The second kappa shape index (κ2) is 8.57. The quantitative estimate of drug-likeness (QED) is 0.425. The van der Waals surface area contributed by atoms with Crippen LogP contribution in [0.1, 0.15) is 28.8 Å². The van der Waals surface area contributed by atoms with Gasteiger partial charge in [0.15, 0.2) is 5.78 Å². The summed E-state index contributed by atoms with van der Waals surface area (Å²) in [4.78, 5) is 33.2. The molecule has 0 spiro atoms. The first-order chi connectivity index (χ1) is 15.2. The van der Waals surface area contributed by atoms with Crippen LogP contribution in [0.15, 0.2) is 70.8 Å². The van der Waals surface area contributed by atoms with Gasteiger partial charge in [-0.1, -0.05) is 54.6 Å². The Kier molecular flexibility index (Phi) is 5.49. The number of rotatable bonds is 6. The summed E-state index contributed by atoms with van der Waals surface area (Å²) in [6, 6.07) is 18.6. The van der Waals surface area contributed by atoms with Crippen LogP contribution in [0.3, 0.4) is 0 Å². The van der Waals surface area contributed by atoms with Crippen molar-refractivity contribution in [1.82, 2.24) is 14.5 Å². The van der Waals surface area contributed by atoms with Gasteiger partial charge in [0.05, 0.1) is 5.52 Å². The molecule has 0 bridgehead atoms. The van der Waals surface area contributed by atoms with E-state index >= 15 is 0 Å². The van der Waals surface area contributed by atoms with Crippen molar-refractivity contribution in [2.24, 2.45) is 0 Å². The zero-order valence-corrected chi connectivity index (χ0v) is 18.0. The van der Waals surface area contributed by atoms with Crippen LogP contribution in [-0.4, -0.2) is 39.9 Å². The van der Waals surface area contributed by atoms with E-state index in [0.29, 0.717) is 28.2 Å². The number of aromatic nitrogens is 2. The van der Waals surface area contributed by atoms with Gasteiger partial charge in [-0.05, 0) is 37.4 Å². The minimum absolute atomic E-state index is 0.0126. The van der Waals surface area contributed by atoms with Crippen LogP contribution in [0.5, 0.6) is 0 Å². The molecule has 6 heteroatoms. The fraction of sp³-hybridized carbons (Fsp3) is 0.240. The topological polar surface area (TPSA) is 55.2 Å². The fourth-order valence-electron chi connectivity index (χ4n) is 4.15. The Morgan fingerprint density at radius 2 is 1.61 bits per heavy atom. The largest absolute Gasteiger partial charge is 0.302 e. The number of nitrogens with zero attached hydrogens (tertiary/aromatic N) is 3. The van der Waals surface area contributed by atoms with Gasteiger partial charge in [0.25, 0.3) is 5.56 Å². The third-order valence-corrected chi connectivity index (χ3v) is 6.74. The van der Waals surface area contributed by atoms with Gasteiger partial charge >= 0.3 is 0 Å². The number of hydrogen-bond acceptors (Lipinski definition) is 5. The maximum Gasteiger partial charge on any atom is 0.271 e. The van der Waals surface area contributed by atoms with Crippen molar-refractivity contribution in [3.05, 3.63) is 87.5 Å². The summed E-state index contributed by atoms with van der Waals surface area (Å²) in [5.74, 6) is 0.647. The zero-order valence-electron chi connectivity index (χ0n) is 17.2. The van der Waals surface area contributed by atoms with Crippen LogP contribution in [0, 0.1) is 0 Å². The van der Waals surface area contributed by atoms with Crippen LogP contribution in [-0.2, 0) is 6.54 Å². The number of carbonyl (C=O) groups is 1. The van der Waals surface area contributed by atoms with Crippen LogP contribution in [0.2, 0.25) is 0 Å². The highest BCUT2D eigenvalue weighted by Crippen LogP contribution is 2.23. The van der Waals surface area contributed by atoms with Gasteiger partial charge in [-0.15, -0.1) is 11.3 Å². The van der Waals surface area contributed by atoms with E-state index in [9.17, 15) is 9.59 Å². The first-order valence-electron chi connectivity index (χ1n) is 10.6. The van der Waals surface area contributed by atoms with Gasteiger partial charge in [-0.2, -0.15) is 0 Å². The van der Waals surface area contributed by atoms with Crippen molar-refractivity contribution < 1.29 is 4.79 Å². The molecule has 0 amide bonds. The van der Waals surface area contributed by atoms with E-state index in [2.05, 4.69) is 4.90 Å². The van der Waals surface area contributed by atoms with E-state index in [4.69, 9.17) is 4.98 Å². The van der Waals surface area contributed by atoms with Crippen LogP contribution in [0.4, 0.5) is 0 Å². The second-order valence-corrected chi connectivity index (χ2v) is 8.76. The Bertz CT molecular complexity index is 1270. The molecule has 0 N–H and O–H groups in total. The zero-order chi connectivity index (χ0) is 21.2. The number of benzene rings is 2. The molecule has 0 atom stereocenters. The Morgan fingerprint density at radius 3 is 2.35 bits per heavy atom. The lowest BCUT2D eigenvalue weighted by molar-refractivity contribution is 0.103. The normalized spacial score (nSPS) is 14.3. The van der Waals surface area contributed by atoms with Crippen LogP contribution in [0.25, 0.3) is 21.6 Å². The maximum absolute atomic E-state index is 13.2. The highest BCUT2D eigenvalue weighted by molar-refractivity contribution is 7.17. The first-order valence-corrected chi connectivity index (χ1v) is 11.5. The average molecular weight is 430 g/mol. The molecule has 0 unspecified atom stereocenters. The highest BCUT2D eigenvalue weighted by Gasteiger charge is 2.17. The first kappa shape index (κ1) is 19.8. The van der Waals surface area contributed by atoms with E-state index in [1.165, 1.54) is 24.2 Å². The number of likely N-dealkylation sites (tertiary alicyclic amines) is 1. The van der Waals surface area contributed by atoms with E-state index in [-0.39, 0.29) is 11.3 Å². The van der Waals surface area contributed by atoms with Gasteiger partial charge in [-0.25, -0.2) is 4.98 Å².